The minimum absolute atomic E-state index is 0.377. The molecule has 2 heterocycles. The van der Waals surface area contributed by atoms with Gasteiger partial charge in [0.2, 0.25) is 0 Å². The van der Waals surface area contributed by atoms with E-state index < -0.39 is 0 Å². The molecule has 0 aromatic carbocycles. The van der Waals surface area contributed by atoms with Gasteiger partial charge in [-0.1, -0.05) is 6.92 Å². The molecule has 1 fully saturated rings. The number of furan rings is 1. The van der Waals surface area contributed by atoms with E-state index in [0.29, 0.717) is 12.0 Å². The normalized spacial score (nSPS) is 22.1. The summed E-state index contributed by atoms with van der Waals surface area (Å²) in [7, 11) is 0. The minimum atomic E-state index is 0.377. The van der Waals surface area contributed by atoms with Crippen molar-refractivity contribution in [2.45, 2.75) is 46.1 Å². The van der Waals surface area contributed by atoms with Gasteiger partial charge in [0.05, 0.1) is 6.61 Å². The lowest BCUT2D eigenvalue weighted by Gasteiger charge is -2.31. The van der Waals surface area contributed by atoms with Crippen molar-refractivity contribution in [3.63, 3.8) is 0 Å². The summed E-state index contributed by atoms with van der Waals surface area (Å²) >= 11 is 0. The van der Waals surface area contributed by atoms with Crippen LogP contribution in [0.15, 0.2) is 10.5 Å². The van der Waals surface area contributed by atoms with E-state index in [-0.39, 0.29) is 0 Å². The van der Waals surface area contributed by atoms with Gasteiger partial charge in [0, 0.05) is 24.1 Å². The SMILES string of the molecule is CCCNC(c1cc(C)oc1C)C1CCCOC1. The van der Waals surface area contributed by atoms with Crippen LogP contribution in [0, 0.1) is 19.8 Å². The van der Waals surface area contributed by atoms with Crippen molar-refractivity contribution in [2.24, 2.45) is 5.92 Å². The Kier molecular flexibility index (Phi) is 4.84. The molecule has 2 rings (SSSR count). The van der Waals surface area contributed by atoms with E-state index in [1.807, 2.05) is 6.92 Å². The average Bonchev–Trinajstić information content (AvgIpc) is 2.70. The maximum Gasteiger partial charge on any atom is 0.105 e. The first-order chi connectivity index (χ1) is 8.72. The van der Waals surface area contributed by atoms with Crippen molar-refractivity contribution < 1.29 is 9.15 Å². The van der Waals surface area contributed by atoms with Crippen molar-refractivity contribution in [1.82, 2.24) is 5.32 Å². The fraction of sp³-hybridized carbons (Fsp3) is 0.733. The fourth-order valence-electron chi connectivity index (χ4n) is 2.82. The molecule has 1 aromatic rings. The number of nitrogens with one attached hydrogen (secondary N) is 1. The van der Waals surface area contributed by atoms with E-state index in [0.717, 1.165) is 37.7 Å². The Morgan fingerprint density at radius 3 is 2.83 bits per heavy atom. The molecule has 1 aromatic heterocycles. The highest BCUT2D eigenvalue weighted by Gasteiger charge is 2.27. The molecule has 1 aliphatic heterocycles. The number of hydrogen-bond acceptors (Lipinski definition) is 3. The summed E-state index contributed by atoms with van der Waals surface area (Å²) in [6.07, 6.45) is 3.57. The van der Waals surface area contributed by atoms with Gasteiger partial charge in [0.25, 0.3) is 0 Å². The summed E-state index contributed by atoms with van der Waals surface area (Å²) in [6, 6.07) is 2.56. The maximum absolute atomic E-state index is 5.69. The van der Waals surface area contributed by atoms with E-state index in [1.54, 1.807) is 0 Å². The van der Waals surface area contributed by atoms with Crippen LogP contribution < -0.4 is 5.32 Å². The van der Waals surface area contributed by atoms with Crippen LogP contribution in [0.1, 0.15) is 49.3 Å². The molecule has 102 valence electrons. The van der Waals surface area contributed by atoms with Gasteiger partial charge in [-0.2, -0.15) is 0 Å². The molecule has 3 heteroatoms. The zero-order chi connectivity index (χ0) is 13.0. The lowest BCUT2D eigenvalue weighted by atomic mass is 9.88. The molecule has 2 unspecified atom stereocenters. The second-order valence-electron chi connectivity index (χ2n) is 5.28. The Balaban J connectivity index is 2.15. The highest BCUT2D eigenvalue weighted by atomic mass is 16.5. The Labute approximate surface area is 110 Å². The molecule has 1 aliphatic rings. The van der Waals surface area contributed by atoms with Gasteiger partial charge in [0.1, 0.15) is 11.5 Å². The van der Waals surface area contributed by atoms with Crippen LogP contribution in [0.4, 0.5) is 0 Å². The highest BCUT2D eigenvalue weighted by Crippen LogP contribution is 2.32. The van der Waals surface area contributed by atoms with Gasteiger partial charge in [-0.15, -0.1) is 0 Å². The molecule has 0 aliphatic carbocycles. The molecule has 0 spiro atoms. The van der Waals surface area contributed by atoms with Crippen molar-refractivity contribution in [3.8, 4) is 0 Å². The lowest BCUT2D eigenvalue weighted by Crippen LogP contribution is -2.34. The number of rotatable bonds is 5. The summed E-state index contributed by atoms with van der Waals surface area (Å²) in [4.78, 5) is 0. The summed E-state index contributed by atoms with van der Waals surface area (Å²) in [5.41, 5.74) is 1.32. The average molecular weight is 251 g/mol. The van der Waals surface area contributed by atoms with Gasteiger partial charge >= 0.3 is 0 Å². The molecule has 0 saturated carbocycles. The maximum atomic E-state index is 5.69. The number of aryl methyl sites for hydroxylation is 2. The minimum Gasteiger partial charge on any atom is -0.466 e. The third-order valence-electron chi connectivity index (χ3n) is 3.70. The summed E-state index contributed by atoms with van der Waals surface area (Å²) in [5.74, 6) is 2.62. The molecule has 1 N–H and O–H groups in total. The van der Waals surface area contributed by atoms with Crippen LogP contribution in [0.2, 0.25) is 0 Å². The van der Waals surface area contributed by atoms with Crippen molar-refractivity contribution in [3.05, 3.63) is 23.2 Å². The van der Waals surface area contributed by atoms with Crippen molar-refractivity contribution in [1.29, 1.82) is 0 Å². The predicted octanol–water partition coefficient (Wildman–Crippen LogP) is 3.36. The van der Waals surface area contributed by atoms with E-state index in [2.05, 4.69) is 25.2 Å². The molecule has 0 amide bonds. The van der Waals surface area contributed by atoms with Gasteiger partial charge in [-0.25, -0.2) is 0 Å². The Morgan fingerprint density at radius 2 is 2.28 bits per heavy atom. The van der Waals surface area contributed by atoms with Crippen molar-refractivity contribution in [2.75, 3.05) is 19.8 Å². The van der Waals surface area contributed by atoms with Crippen LogP contribution in [-0.4, -0.2) is 19.8 Å². The fourth-order valence-corrected chi connectivity index (χ4v) is 2.82. The van der Waals surface area contributed by atoms with E-state index in [4.69, 9.17) is 9.15 Å². The predicted molar refractivity (Wildman–Crippen MR) is 72.8 cm³/mol. The molecule has 1 saturated heterocycles. The second kappa shape index (κ2) is 6.39. The van der Waals surface area contributed by atoms with Crippen LogP contribution >= 0.6 is 0 Å². The Hall–Kier alpha value is -0.800. The smallest absolute Gasteiger partial charge is 0.105 e. The van der Waals surface area contributed by atoms with Gasteiger partial charge in [-0.05, 0) is 45.7 Å². The zero-order valence-electron chi connectivity index (χ0n) is 11.8. The van der Waals surface area contributed by atoms with E-state index >= 15 is 0 Å². The molecule has 2 atom stereocenters. The Morgan fingerprint density at radius 1 is 1.44 bits per heavy atom. The highest BCUT2D eigenvalue weighted by molar-refractivity contribution is 5.25. The number of ether oxygens (including phenoxy) is 1. The molecule has 0 radical (unpaired) electrons. The first-order valence-corrected chi connectivity index (χ1v) is 7.10. The Bertz CT molecular complexity index is 367. The summed E-state index contributed by atoms with van der Waals surface area (Å²) in [6.45, 7) is 9.11. The topological polar surface area (TPSA) is 34.4 Å². The third-order valence-corrected chi connectivity index (χ3v) is 3.70. The summed E-state index contributed by atoms with van der Waals surface area (Å²) in [5, 5.41) is 3.67. The lowest BCUT2D eigenvalue weighted by molar-refractivity contribution is 0.0388. The van der Waals surface area contributed by atoms with Crippen LogP contribution in [-0.2, 0) is 4.74 Å². The third kappa shape index (κ3) is 3.15. The van der Waals surface area contributed by atoms with Crippen molar-refractivity contribution >= 4 is 0 Å². The standard InChI is InChI=1S/C15H25NO2/c1-4-7-16-15(13-6-5-8-17-10-13)14-9-11(2)18-12(14)3/h9,13,15-16H,4-8,10H2,1-3H3. The van der Waals surface area contributed by atoms with E-state index in [1.165, 1.54) is 18.4 Å². The van der Waals surface area contributed by atoms with Gasteiger partial charge in [-0.3, -0.25) is 0 Å². The molecular weight excluding hydrogens is 226 g/mol. The quantitative estimate of drug-likeness (QED) is 0.871. The van der Waals surface area contributed by atoms with Crippen LogP contribution in [0.3, 0.4) is 0 Å². The van der Waals surface area contributed by atoms with Gasteiger partial charge in [0.15, 0.2) is 0 Å². The van der Waals surface area contributed by atoms with Crippen LogP contribution in [0.25, 0.3) is 0 Å². The zero-order valence-corrected chi connectivity index (χ0v) is 11.8. The molecule has 0 bridgehead atoms. The first kappa shape index (κ1) is 13.6. The second-order valence-corrected chi connectivity index (χ2v) is 5.28. The molecular formula is C15H25NO2. The van der Waals surface area contributed by atoms with Crippen LogP contribution in [0.5, 0.6) is 0 Å². The first-order valence-electron chi connectivity index (χ1n) is 7.10. The van der Waals surface area contributed by atoms with Gasteiger partial charge < -0.3 is 14.5 Å². The molecule has 18 heavy (non-hydrogen) atoms. The largest absolute Gasteiger partial charge is 0.466 e. The summed E-state index contributed by atoms with van der Waals surface area (Å²) < 4.78 is 11.3. The molecule has 3 nitrogen and oxygen atoms in total. The monoisotopic (exact) mass is 251 g/mol. The number of hydrogen-bond donors (Lipinski definition) is 1. The van der Waals surface area contributed by atoms with E-state index in [9.17, 15) is 0 Å².